The van der Waals surface area contributed by atoms with E-state index in [9.17, 15) is 0 Å². The van der Waals surface area contributed by atoms with Gasteiger partial charge in [0.15, 0.2) is 11.5 Å². The molecule has 2 N–H and O–H groups in total. The molecule has 0 bridgehead atoms. The summed E-state index contributed by atoms with van der Waals surface area (Å²) < 4.78 is 10.9. The quantitative estimate of drug-likeness (QED) is 0.863. The number of ether oxygens (including phenoxy) is 2. The molecule has 0 spiro atoms. The fourth-order valence-corrected chi connectivity index (χ4v) is 1.62. The van der Waals surface area contributed by atoms with Gasteiger partial charge in [-0.3, -0.25) is 0 Å². The van der Waals surface area contributed by atoms with Crippen molar-refractivity contribution in [3.63, 3.8) is 0 Å². The zero-order valence-corrected chi connectivity index (χ0v) is 11.8. The van der Waals surface area contributed by atoms with Crippen molar-refractivity contribution in [2.45, 2.75) is 26.3 Å². The maximum Gasteiger partial charge on any atom is 0.161 e. The molecule has 0 amide bonds. The highest BCUT2D eigenvalue weighted by Crippen LogP contribution is 2.28. The van der Waals surface area contributed by atoms with E-state index in [2.05, 4.69) is 0 Å². The molecule has 18 heavy (non-hydrogen) atoms. The average molecular weight is 270 g/mol. The zero-order valence-electron chi connectivity index (χ0n) is 11.1. The average Bonchev–Trinajstić information content (AvgIpc) is 2.35. The van der Waals surface area contributed by atoms with Gasteiger partial charge in [0.2, 0.25) is 0 Å². The predicted octanol–water partition coefficient (Wildman–Crippen LogP) is 3.11. The van der Waals surface area contributed by atoms with Crippen LogP contribution in [0.15, 0.2) is 29.3 Å². The SMILES string of the molecule is COc1cc(CC(C)N)ccc1OC/C(C)=C/Cl. The van der Waals surface area contributed by atoms with Crippen molar-refractivity contribution in [1.82, 2.24) is 0 Å². The number of halogens is 1. The maximum absolute atomic E-state index is 5.78. The smallest absolute Gasteiger partial charge is 0.161 e. The van der Waals surface area contributed by atoms with E-state index in [1.54, 1.807) is 7.11 Å². The van der Waals surface area contributed by atoms with E-state index in [1.807, 2.05) is 32.0 Å². The number of rotatable bonds is 6. The molecular formula is C14H20ClNO2. The molecule has 1 rings (SSSR count). The van der Waals surface area contributed by atoms with Crippen LogP contribution in [0.4, 0.5) is 0 Å². The van der Waals surface area contributed by atoms with Gasteiger partial charge in [-0.15, -0.1) is 0 Å². The van der Waals surface area contributed by atoms with Crippen molar-refractivity contribution >= 4 is 11.6 Å². The molecule has 1 atom stereocenters. The second-order valence-electron chi connectivity index (χ2n) is 4.41. The van der Waals surface area contributed by atoms with E-state index in [0.717, 1.165) is 23.3 Å². The van der Waals surface area contributed by atoms with Gasteiger partial charge in [0.25, 0.3) is 0 Å². The number of nitrogens with two attached hydrogens (primary N) is 1. The Morgan fingerprint density at radius 3 is 2.72 bits per heavy atom. The van der Waals surface area contributed by atoms with Crippen LogP contribution in [0.5, 0.6) is 11.5 Å². The lowest BCUT2D eigenvalue weighted by molar-refractivity contribution is 0.319. The monoisotopic (exact) mass is 269 g/mol. The second kappa shape index (κ2) is 7.29. The van der Waals surface area contributed by atoms with Crippen molar-refractivity contribution in [3.8, 4) is 11.5 Å². The van der Waals surface area contributed by atoms with Crippen LogP contribution < -0.4 is 15.2 Å². The second-order valence-corrected chi connectivity index (χ2v) is 4.63. The molecule has 1 aromatic carbocycles. The van der Waals surface area contributed by atoms with Crippen molar-refractivity contribution in [1.29, 1.82) is 0 Å². The van der Waals surface area contributed by atoms with Gasteiger partial charge in [0.1, 0.15) is 6.61 Å². The third-order valence-corrected chi connectivity index (χ3v) is 2.80. The van der Waals surface area contributed by atoms with Crippen LogP contribution in [0.2, 0.25) is 0 Å². The molecule has 0 aliphatic heterocycles. The molecule has 0 saturated heterocycles. The van der Waals surface area contributed by atoms with Gasteiger partial charge in [0.05, 0.1) is 7.11 Å². The minimum absolute atomic E-state index is 0.128. The van der Waals surface area contributed by atoms with Crippen LogP contribution in [0.25, 0.3) is 0 Å². The molecule has 0 aliphatic carbocycles. The van der Waals surface area contributed by atoms with E-state index in [-0.39, 0.29) is 6.04 Å². The summed E-state index contributed by atoms with van der Waals surface area (Å²) >= 11 is 5.59. The number of methoxy groups -OCH3 is 1. The first kappa shape index (κ1) is 14.9. The summed E-state index contributed by atoms with van der Waals surface area (Å²) in [4.78, 5) is 0. The summed E-state index contributed by atoms with van der Waals surface area (Å²) in [6.07, 6.45) is 0.817. The molecule has 3 nitrogen and oxygen atoms in total. The van der Waals surface area contributed by atoms with Gasteiger partial charge in [0, 0.05) is 11.6 Å². The standard InChI is InChI=1S/C14H20ClNO2/c1-10(8-15)9-18-13-5-4-12(6-11(2)16)7-14(13)17-3/h4-5,7-8,11H,6,9,16H2,1-3H3/b10-8+. The summed E-state index contributed by atoms with van der Waals surface area (Å²) in [5.41, 5.74) is 9.38. The van der Waals surface area contributed by atoms with Crippen LogP contribution in [0.3, 0.4) is 0 Å². The van der Waals surface area contributed by atoms with Crippen molar-refractivity contribution < 1.29 is 9.47 Å². The van der Waals surface area contributed by atoms with Crippen LogP contribution in [-0.2, 0) is 6.42 Å². The molecule has 100 valence electrons. The Morgan fingerprint density at radius 1 is 1.44 bits per heavy atom. The molecule has 1 unspecified atom stereocenters. The van der Waals surface area contributed by atoms with Gasteiger partial charge in [-0.2, -0.15) is 0 Å². The Bertz CT molecular complexity index is 416. The third-order valence-electron chi connectivity index (χ3n) is 2.43. The lowest BCUT2D eigenvalue weighted by Gasteiger charge is -2.13. The largest absolute Gasteiger partial charge is 0.493 e. The highest BCUT2D eigenvalue weighted by atomic mass is 35.5. The van der Waals surface area contributed by atoms with Crippen molar-refractivity contribution in [2.24, 2.45) is 5.73 Å². The van der Waals surface area contributed by atoms with Gasteiger partial charge < -0.3 is 15.2 Å². The Morgan fingerprint density at radius 2 is 2.17 bits per heavy atom. The Balaban J connectivity index is 2.80. The molecule has 0 fully saturated rings. The first-order valence-electron chi connectivity index (χ1n) is 5.88. The van der Waals surface area contributed by atoms with Crippen LogP contribution in [0.1, 0.15) is 19.4 Å². The molecule has 1 aromatic rings. The first-order chi connectivity index (χ1) is 8.56. The molecule has 0 aliphatic rings. The summed E-state index contributed by atoms with van der Waals surface area (Å²) in [5, 5.41) is 0. The maximum atomic E-state index is 5.78. The Labute approximate surface area is 114 Å². The Hall–Kier alpha value is -1.19. The summed E-state index contributed by atoms with van der Waals surface area (Å²) in [6, 6.07) is 5.99. The Kier molecular flexibility index (Phi) is 6.02. The minimum atomic E-state index is 0.128. The summed E-state index contributed by atoms with van der Waals surface area (Å²) in [5.74, 6) is 1.43. The third kappa shape index (κ3) is 4.59. The summed E-state index contributed by atoms with van der Waals surface area (Å²) in [6.45, 7) is 4.34. The van der Waals surface area contributed by atoms with Gasteiger partial charge in [-0.25, -0.2) is 0 Å². The first-order valence-corrected chi connectivity index (χ1v) is 6.31. The molecule has 0 aromatic heterocycles. The summed E-state index contributed by atoms with van der Waals surface area (Å²) in [7, 11) is 1.63. The van der Waals surface area contributed by atoms with E-state index in [4.69, 9.17) is 26.8 Å². The highest BCUT2D eigenvalue weighted by Gasteiger charge is 2.07. The van der Waals surface area contributed by atoms with E-state index in [0.29, 0.717) is 12.4 Å². The predicted molar refractivity (Wildman–Crippen MR) is 75.5 cm³/mol. The highest BCUT2D eigenvalue weighted by molar-refractivity contribution is 6.25. The van der Waals surface area contributed by atoms with Crippen LogP contribution in [-0.4, -0.2) is 19.8 Å². The molecule has 4 heteroatoms. The van der Waals surface area contributed by atoms with Crippen LogP contribution in [0, 0.1) is 0 Å². The number of hydrogen-bond donors (Lipinski definition) is 1. The number of benzene rings is 1. The van der Waals surface area contributed by atoms with E-state index in [1.165, 1.54) is 5.54 Å². The fraction of sp³-hybridized carbons (Fsp3) is 0.429. The topological polar surface area (TPSA) is 44.5 Å². The van der Waals surface area contributed by atoms with Gasteiger partial charge in [-0.1, -0.05) is 17.7 Å². The fourth-order valence-electron chi connectivity index (χ4n) is 1.55. The molecular weight excluding hydrogens is 250 g/mol. The molecule has 0 radical (unpaired) electrons. The normalized spacial score (nSPS) is 13.3. The molecule has 0 saturated carbocycles. The van der Waals surface area contributed by atoms with Crippen molar-refractivity contribution in [2.75, 3.05) is 13.7 Å². The van der Waals surface area contributed by atoms with Crippen LogP contribution >= 0.6 is 11.6 Å². The van der Waals surface area contributed by atoms with Gasteiger partial charge >= 0.3 is 0 Å². The van der Waals surface area contributed by atoms with E-state index >= 15 is 0 Å². The number of hydrogen-bond acceptors (Lipinski definition) is 3. The minimum Gasteiger partial charge on any atom is -0.493 e. The van der Waals surface area contributed by atoms with E-state index < -0.39 is 0 Å². The molecule has 0 heterocycles. The lowest BCUT2D eigenvalue weighted by Crippen LogP contribution is -2.17. The van der Waals surface area contributed by atoms with Crippen molar-refractivity contribution in [3.05, 3.63) is 34.9 Å². The van der Waals surface area contributed by atoms with Gasteiger partial charge in [-0.05, 0) is 43.5 Å². The zero-order chi connectivity index (χ0) is 13.5. The lowest BCUT2D eigenvalue weighted by atomic mass is 10.1.